The molecule has 67 heavy (non-hydrogen) atoms. The standard InChI is InChI=1S/C62H53BN4/c1-38-21-25-48(26-22-38)66-54-33-42-17-11-9-15-40(42)31-51(54)63-52-32-41-16-10-12-18-43(41)34-55(52)67(49-27-23-39(2)24-28-49)57-36-45(35-56(66)58(57)63)60-64-53-20-14-13-19-50(53)59(65-60)44-29-46(61(3,4)5)37-47(30-44)62(6,7)8/h9-37H,1-8H3. The van der Waals surface area contributed by atoms with E-state index in [0.29, 0.717) is 5.82 Å². The lowest BCUT2D eigenvalue weighted by atomic mass is 9.33. The van der Waals surface area contributed by atoms with Crippen LogP contribution >= 0.6 is 0 Å². The van der Waals surface area contributed by atoms with Gasteiger partial charge >= 0.3 is 0 Å². The van der Waals surface area contributed by atoms with Gasteiger partial charge in [-0.25, -0.2) is 9.97 Å². The van der Waals surface area contributed by atoms with Crippen molar-refractivity contribution in [1.29, 1.82) is 0 Å². The molecule has 9 aromatic carbocycles. The zero-order valence-corrected chi connectivity index (χ0v) is 39.6. The summed E-state index contributed by atoms with van der Waals surface area (Å²) >= 11 is 0. The molecule has 1 aromatic heterocycles. The van der Waals surface area contributed by atoms with Crippen LogP contribution in [0, 0.1) is 13.8 Å². The minimum Gasteiger partial charge on any atom is -0.311 e. The van der Waals surface area contributed by atoms with Crippen LogP contribution in [-0.4, -0.2) is 16.7 Å². The van der Waals surface area contributed by atoms with E-state index in [-0.39, 0.29) is 17.5 Å². The van der Waals surface area contributed by atoms with Crippen molar-refractivity contribution < 1.29 is 0 Å². The minimum absolute atomic E-state index is 0.0503. The van der Waals surface area contributed by atoms with Crippen LogP contribution in [0.15, 0.2) is 176 Å². The zero-order valence-electron chi connectivity index (χ0n) is 39.6. The quantitative estimate of drug-likeness (QED) is 0.165. The average molecular weight is 865 g/mol. The van der Waals surface area contributed by atoms with Crippen molar-refractivity contribution in [3.8, 4) is 22.6 Å². The summed E-state index contributed by atoms with van der Waals surface area (Å²) in [4.78, 5) is 16.2. The van der Waals surface area contributed by atoms with Crippen LogP contribution in [0.5, 0.6) is 0 Å². The number of hydrogen-bond acceptors (Lipinski definition) is 4. The summed E-state index contributed by atoms with van der Waals surface area (Å²) in [5.74, 6) is 0.698. The number of aryl methyl sites for hydroxylation is 2. The molecule has 2 aliphatic rings. The molecule has 0 saturated carbocycles. The Bertz CT molecular complexity index is 3440. The summed E-state index contributed by atoms with van der Waals surface area (Å²) in [7, 11) is 0. The fourth-order valence-corrected chi connectivity index (χ4v) is 10.5. The Kier molecular flexibility index (Phi) is 9.18. The summed E-state index contributed by atoms with van der Waals surface area (Å²) < 4.78 is 0. The van der Waals surface area contributed by atoms with Gasteiger partial charge in [-0.2, -0.15) is 0 Å². The first kappa shape index (κ1) is 41.0. The molecule has 10 aromatic rings. The van der Waals surface area contributed by atoms with Crippen molar-refractivity contribution in [3.63, 3.8) is 0 Å². The molecule has 0 saturated heterocycles. The molecule has 0 bridgehead atoms. The number of fused-ring (bicyclic) bond motifs is 7. The maximum absolute atomic E-state index is 5.69. The van der Waals surface area contributed by atoms with E-state index >= 15 is 0 Å². The monoisotopic (exact) mass is 864 g/mol. The topological polar surface area (TPSA) is 32.3 Å². The molecule has 5 heteroatoms. The Morgan fingerprint density at radius 2 is 0.866 bits per heavy atom. The van der Waals surface area contributed by atoms with Gasteiger partial charge < -0.3 is 9.80 Å². The van der Waals surface area contributed by atoms with Crippen molar-refractivity contribution in [2.45, 2.75) is 66.2 Å². The number of nitrogens with zero attached hydrogens (tertiary/aromatic N) is 4. The van der Waals surface area contributed by atoms with Crippen molar-refractivity contribution in [2.24, 2.45) is 0 Å². The first-order valence-electron chi connectivity index (χ1n) is 23.7. The average Bonchev–Trinajstić information content (AvgIpc) is 3.32. The molecule has 2 aliphatic heterocycles. The largest absolute Gasteiger partial charge is 0.311 e. The van der Waals surface area contributed by atoms with Gasteiger partial charge in [-0.15, -0.1) is 0 Å². The highest BCUT2D eigenvalue weighted by molar-refractivity contribution is 7.00. The van der Waals surface area contributed by atoms with Crippen LogP contribution in [0.25, 0.3) is 55.1 Å². The Morgan fingerprint density at radius 1 is 0.418 bits per heavy atom. The highest BCUT2D eigenvalue weighted by Crippen LogP contribution is 2.47. The Balaban J connectivity index is 1.21. The first-order valence-corrected chi connectivity index (χ1v) is 23.7. The van der Waals surface area contributed by atoms with Gasteiger partial charge in [0.15, 0.2) is 5.82 Å². The Hall–Kier alpha value is -7.50. The second-order valence-electron chi connectivity index (χ2n) is 20.9. The number of anilines is 6. The normalized spacial score (nSPS) is 13.3. The predicted octanol–water partition coefficient (Wildman–Crippen LogP) is 14.6. The van der Waals surface area contributed by atoms with E-state index in [2.05, 4.69) is 241 Å². The fraction of sp³-hybridized carbons (Fsp3) is 0.161. The molecule has 0 amide bonds. The van der Waals surface area contributed by atoms with Crippen molar-refractivity contribution in [3.05, 3.63) is 198 Å². The molecule has 0 aliphatic carbocycles. The Labute approximate surface area is 394 Å². The van der Waals surface area contributed by atoms with E-state index in [9.17, 15) is 0 Å². The third-order valence-corrected chi connectivity index (χ3v) is 14.2. The highest BCUT2D eigenvalue weighted by Gasteiger charge is 2.44. The van der Waals surface area contributed by atoms with E-state index in [1.807, 2.05) is 0 Å². The molecule has 3 heterocycles. The SMILES string of the molecule is Cc1ccc(N2c3cc4ccccc4cc3B3c4cc5ccccc5cc4N(c4ccc(C)cc4)c4cc(-c5nc(-c6cc(C(C)(C)C)cc(C(C)(C)C)c6)c6ccccc6n5)cc2c43)cc1. The van der Waals surface area contributed by atoms with E-state index in [1.54, 1.807) is 0 Å². The highest BCUT2D eigenvalue weighted by atomic mass is 15.2. The van der Waals surface area contributed by atoms with Gasteiger partial charge in [0.1, 0.15) is 0 Å². The van der Waals surface area contributed by atoms with Crippen LogP contribution in [-0.2, 0) is 10.8 Å². The van der Waals surface area contributed by atoms with Gasteiger partial charge in [-0.05, 0) is 140 Å². The summed E-state index contributed by atoms with van der Waals surface area (Å²) in [6, 6.07) is 65.7. The molecular weight excluding hydrogens is 812 g/mol. The van der Waals surface area contributed by atoms with E-state index < -0.39 is 0 Å². The maximum atomic E-state index is 5.69. The number of para-hydroxylation sites is 1. The zero-order chi connectivity index (χ0) is 45.9. The first-order chi connectivity index (χ1) is 32.3. The van der Waals surface area contributed by atoms with Gasteiger partial charge in [-0.1, -0.05) is 162 Å². The van der Waals surface area contributed by atoms with Crippen LogP contribution in [0.4, 0.5) is 34.1 Å². The van der Waals surface area contributed by atoms with Gasteiger partial charge in [0.05, 0.1) is 11.2 Å². The number of aromatic nitrogens is 2. The molecule has 0 N–H and O–H groups in total. The number of benzene rings is 9. The fourth-order valence-electron chi connectivity index (χ4n) is 10.5. The molecule has 4 nitrogen and oxygen atoms in total. The lowest BCUT2D eigenvalue weighted by Crippen LogP contribution is -2.61. The molecular formula is C62H53BN4. The van der Waals surface area contributed by atoms with Crippen LogP contribution in [0.3, 0.4) is 0 Å². The van der Waals surface area contributed by atoms with E-state index in [4.69, 9.17) is 9.97 Å². The second kappa shape index (κ2) is 15.0. The molecule has 12 rings (SSSR count). The van der Waals surface area contributed by atoms with Crippen molar-refractivity contribution in [1.82, 2.24) is 9.97 Å². The molecule has 0 spiro atoms. The minimum atomic E-state index is -0.0541. The maximum Gasteiger partial charge on any atom is 0.252 e. The third kappa shape index (κ3) is 6.82. The number of hydrogen-bond donors (Lipinski definition) is 0. The molecule has 0 unspecified atom stereocenters. The van der Waals surface area contributed by atoms with E-state index in [1.165, 1.54) is 71.6 Å². The van der Waals surface area contributed by atoms with Crippen molar-refractivity contribution in [2.75, 3.05) is 9.80 Å². The molecule has 0 fully saturated rings. The van der Waals surface area contributed by atoms with Crippen LogP contribution in [0.1, 0.15) is 63.8 Å². The summed E-state index contributed by atoms with van der Waals surface area (Å²) in [5, 5.41) is 5.93. The molecule has 0 atom stereocenters. The van der Waals surface area contributed by atoms with Crippen LogP contribution < -0.4 is 26.2 Å². The lowest BCUT2D eigenvalue weighted by Gasteiger charge is -2.44. The van der Waals surface area contributed by atoms with E-state index in [0.717, 1.165) is 50.5 Å². The van der Waals surface area contributed by atoms with Crippen LogP contribution in [0.2, 0.25) is 0 Å². The molecule has 0 radical (unpaired) electrons. The number of rotatable bonds is 4. The van der Waals surface area contributed by atoms with Gasteiger partial charge in [0.25, 0.3) is 6.71 Å². The van der Waals surface area contributed by atoms with Crippen molar-refractivity contribution >= 4 is 89.7 Å². The lowest BCUT2D eigenvalue weighted by molar-refractivity contribution is 0.569. The van der Waals surface area contributed by atoms with Gasteiger partial charge in [0.2, 0.25) is 0 Å². The smallest absolute Gasteiger partial charge is 0.252 e. The molecule has 324 valence electrons. The second-order valence-corrected chi connectivity index (χ2v) is 20.9. The Morgan fingerprint density at radius 3 is 1.34 bits per heavy atom. The predicted molar refractivity (Wildman–Crippen MR) is 286 cm³/mol. The third-order valence-electron chi connectivity index (χ3n) is 14.2. The summed E-state index contributed by atoms with van der Waals surface area (Å²) in [6.07, 6.45) is 0. The summed E-state index contributed by atoms with van der Waals surface area (Å²) in [5.41, 5.74) is 19.6. The van der Waals surface area contributed by atoms with Gasteiger partial charge in [0, 0.05) is 50.6 Å². The summed E-state index contributed by atoms with van der Waals surface area (Å²) in [6.45, 7) is 18.1. The van der Waals surface area contributed by atoms with Gasteiger partial charge in [-0.3, -0.25) is 0 Å².